The fourth-order valence-corrected chi connectivity index (χ4v) is 1.84. The van der Waals surface area contributed by atoms with Gasteiger partial charge >= 0.3 is 5.97 Å². The average molecular weight is 213 g/mol. The maximum absolute atomic E-state index is 11.4. The van der Waals surface area contributed by atoms with Crippen LogP contribution < -0.4 is 0 Å². The summed E-state index contributed by atoms with van der Waals surface area (Å²) >= 11 is 0. The van der Waals surface area contributed by atoms with E-state index in [0.717, 1.165) is 6.42 Å². The molecule has 1 fully saturated rings. The molecule has 1 N–H and O–H groups in total. The minimum absolute atomic E-state index is 0.0411. The number of aliphatic carboxylic acids is 1. The van der Waals surface area contributed by atoms with Gasteiger partial charge in [0, 0.05) is 19.4 Å². The van der Waals surface area contributed by atoms with Gasteiger partial charge in [-0.2, -0.15) is 0 Å². The minimum atomic E-state index is -0.937. The van der Waals surface area contributed by atoms with Gasteiger partial charge < -0.3 is 10.0 Å². The van der Waals surface area contributed by atoms with Gasteiger partial charge in [-0.3, -0.25) is 14.4 Å². The molecule has 5 heteroatoms. The molecule has 1 aliphatic heterocycles. The first-order chi connectivity index (χ1) is 7.02. The van der Waals surface area contributed by atoms with Crippen molar-refractivity contribution in [2.45, 2.75) is 38.6 Å². The monoisotopic (exact) mass is 213 g/mol. The van der Waals surface area contributed by atoms with E-state index in [1.807, 2.05) is 0 Å². The Hall–Kier alpha value is -1.39. The third-order valence-electron chi connectivity index (χ3n) is 2.59. The van der Waals surface area contributed by atoms with Gasteiger partial charge in [0.15, 0.2) is 5.78 Å². The molecule has 0 radical (unpaired) electrons. The summed E-state index contributed by atoms with van der Waals surface area (Å²) in [4.78, 5) is 34.6. The molecule has 0 aliphatic carbocycles. The van der Waals surface area contributed by atoms with Crippen molar-refractivity contribution in [3.8, 4) is 0 Å². The second-order valence-electron chi connectivity index (χ2n) is 3.75. The third-order valence-corrected chi connectivity index (χ3v) is 2.59. The van der Waals surface area contributed by atoms with Gasteiger partial charge in [0.05, 0.1) is 6.04 Å². The standard InChI is InChI=1S/C10H15NO4/c1-7(12)8(4-5-10(14)15)11-6-2-3-9(11)13/h8H,2-6H2,1H3,(H,14,15)/t8-/m0/s1. The molecule has 1 amide bonds. The Bertz CT molecular complexity index is 287. The van der Waals surface area contributed by atoms with E-state index in [2.05, 4.69) is 0 Å². The van der Waals surface area contributed by atoms with Crippen LogP contribution in [-0.4, -0.2) is 40.3 Å². The van der Waals surface area contributed by atoms with Gasteiger partial charge in [0.2, 0.25) is 5.91 Å². The highest BCUT2D eigenvalue weighted by Crippen LogP contribution is 2.17. The maximum atomic E-state index is 11.4. The van der Waals surface area contributed by atoms with Crippen molar-refractivity contribution in [1.29, 1.82) is 0 Å². The van der Waals surface area contributed by atoms with E-state index in [9.17, 15) is 14.4 Å². The molecule has 0 unspecified atom stereocenters. The third kappa shape index (κ3) is 3.04. The van der Waals surface area contributed by atoms with Crippen LogP contribution in [0.4, 0.5) is 0 Å². The first-order valence-corrected chi connectivity index (χ1v) is 5.04. The van der Waals surface area contributed by atoms with E-state index in [4.69, 9.17) is 5.11 Å². The summed E-state index contributed by atoms with van der Waals surface area (Å²) < 4.78 is 0. The van der Waals surface area contributed by atoms with Gasteiger partial charge in [-0.05, 0) is 19.8 Å². The molecule has 0 aromatic rings. The SMILES string of the molecule is CC(=O)[C@H](CCC(=O)O)N1CCCC1=O. The van der Waals surface area contributed by atoms with Gasteiger partial charge in [0.25, 0.3) is 0 Å². The molecule has 5 nitrogen and oxygen atoms in total. The normalized spacial score (nSPS) is 17.9. The van der Waals surface area contributed by atoms with Crippen molar-refractivity contribution in [1.82, 2.24) is 4.90 Å². The number of ketones is 1. The molecule has 0 aromatic carbocycles. The van der Waals surface area contributed by atoms with Crippen LogP contribution in [0.15, 0.2) is 0 Å². The fraction of sp³-hybridized carbons (Fsp3) is 0.700. The summed E-state index contributed by atoms with van der Waals surface area (Å²) in [5.74, 6) is -1.11. The predicted molar refractivity (Wildman–Crippen MR) is 52.3 cm³/mol. The van der Waals surface area contributed by atoms with Crippen molar-refractivity contribution >= 4 is 17.7 Å². The molecule has 0 aromatic heterocycles. The molecule has 1 saturated heterocycles. The van der Waals surface area contributed by atoms with E-state index in [-0.39, 0.29) is 24.5 Å². The summed E-state index contributed by atoms with van der Waals surface area (Å²) in [6.07, 6.45) is 1.37. The molecule has 0 spiro atoms. The van der Waals surface area contributed by atoms with Gasteiger partial charge in [-0.25, -0.2) is 0 Å². The highest BCUT2D eigenvalue weighted by Gasteiger charge is 2.30. The number of hydrogen-bond donors (Lipinski definition) is 1. The lowest BCUT2D eigenvalue weighted by Crippen LogP contribution is -2.41. The molecule has 0 saturated carbocycles. The fourth-order valence-electron chi connectivity index (χ4n) is 1.84. The second kappa shape index (κ2) is 4.91. The Balaban J connectivity index is 2.61. The molecule has 1 atom stereocenters. The predicted octanol–water partition coefficient (Wildman–Crippen LogP) is 0.431. The minimum Gasteiger partial charge on any atom is -0.481 e. The highest BCUT2D eigenvalue weighted by atomic mass is 16.4. The van der Waals surface area contributed by atoms with Crippen LogP contribution in [0.5, 0.6) is 0 Å². The topological polar surface area (TPSA) is 74.7 Å². The van der Waals surface area contributed by atoms with Crippen LogP contribution in [0.25, 0.3) is 0 Å². The quantitative estimate of drug-likeness (QED) is 0.718. The number of carbonyl (C=O) groups is 3. The van der Waals surface area contributed by atoms with Crippen LogP contribution >= 0.6 is 0 Å². The Kier molecular flexibility index (Phi) is 3.82. The zero-order chi connectivity index (χ0) is 11.4. The first-order valence-electron chi connectivity index (χ1n) is 5.04. The summed E-state index contributed by atoms with van der Waals surface area (Å²) in [7, 11) is 0. The van der Waals surface area contributed by atoms with E-state index < -0.39 is 12.0 Å². The number of likely N-dealkylation sites (tertiary alicyclic amines) is 1. The lowest BCUT2D eigenvalue weighted by molar-refractivity contribution is -0.140. The van der Waals surface area contributed by atoms with Gasteiger partial charge in [-0.1, -0.05) is 0 Å². The van der Waals surface area contributed by atoms with Crippen molar-refractivity contribution in [3.05, 3.63) is 0 Å². The van der Waals surface area contributed by atoms with Crippen LogP contribution in [0, 0.1) is 0 Å². The summed E-state index contributed by atoms with van der Waals surface area (Å²) in [6, 6.07) is -0.545. The number of carbonyl (C=O) groups excluding carboxylic acids is 2. The van der Waals surface area contributed by atoms with E-state index in [1.165, 1.54) is 11.8 Å². The van der Waals surface area contributed by atoms with Crippen LogP contribution in [0.3, 0.4) is 0 Å². The van der Waals surface area contributed by atoms with E-state index >= 15 is 0 Å². The molecule has 1 rings (SSSR count). The lowest BCUT2D eigenvalue weighted by Gasteiger charge is -2.24. The molecular weight excluding hydrogens is 198 g/mol. The zero-order valence-corrected chi connectivity index (χ0v) is 8.73. The number of carboxylic acid groups (broad SMARTS) is 1. The van der Waals surface area contributed by atoms with Gasteiger partial charge in [0.1, 0.15) is 0 Å². The van der Waals surface area contributed by atoms with E-state index in [0.29, 0.717) is 13.0 Å². The molecule has 1 heterocycles. The first kappa shape index (κ1) is 11.7. The number of carboxylic acids is 1. The van der Waals surface area contributed by atoms with E-state index in [1.54, 1.807) is 0 Å². The molecule has 84 valence electrons. The van der Waals surface area contributed by atoms with Crippen LogP contribution in [0.2, 0.25) is 0 Å². The highest BCUT2D eigenvalue weighted by molar-refractivity contribution is 5.88. The Morgan fingerprint density at radius 2 is 2.20 bits per heavy atom. The summed E-state index contributed by atoms with van der Waals surface area (Å²) in [5, 5.41) is 8.54. The number of nitrogens with zero attached hydrogens (tertiary/aromatic N) is 1. The smallest absolute Gasteiger partial charge is 0.303 e. The molecule has 1 aliphatic rings. The lowest BCUT2D eigenvalue weighted by atomic mass is 10.1. The van der Waals surface area contributed by atoms with Crippen molar-refractivity contribution in [2.75, 3.05) is 6.54 Å². The van der Waals surface area contributed by atoms with Crippen molar-refractivity contribution in [2.24, 2.45) is 0 Å². The maximum Gasteiger partial charge on any atom is 0.303 e. The average Bonchev–Trinajstić information content (AvgIpc) is 2.51. The molecule has 0 bridgehead atoms. The Morgan fingerprint density at radius 3 is 2.60 bits per heavy atom. The number of rotatable bonds is 5. The summed E-state index contributed by atoms with van der Waals surface area (Å²) in [6.45, 7) is 1.97. The number of hydrogen-bond acceptors (Lipinski definition) is 3. The van der Waals surface area contributed by atoms with Gasteiger partial charge in [-0.15, -0.1) is 0 Å². The largest absolute Gasteiger partial charge is 0.481 e. The number of Topliss-reactive ketones (excluding diaryl/α,β-unsaturated/α-hetero) is 1. The Labute approximate surface area is 88.1 Å². The van der Waals surface area contributed by atoms with Crippen LogP contribution in [-0.2, 0) is 14.4 Å². The summed E-state index contributed by atoms with van der Waals surface area (Å²) in [5.41, 5.74) is 0. The Morgan fingerprint density at radius 1 is 1.53 bits per heavy atom. The second-order valence-corrected chi connectivity index (χ2v) is 3.75. The molecular formula is C10H15NO4. The van der Waals surface area contributed by atoms with Crippen molar-refractivity contribution in [3.63, 3.8) is 0 Å². The van der Waals surface area contributed by atoms with Crippen LogP contribution in [0.1, 0.15) is 32.6 Å². The number of amides is 1. The molecule has 15 heavy (non-hydrogen) atoms. The zero-order valence-electron chi connectivity index (χ0n) is 8.73. The van der Waals surface area contributed by atoms with Crippen molar-refractivity contribution < 1.29 is 19.5 Å².